The summed E-state index contributed by atoms with van der Waals surface area (Å²) >= 11 is 1.83. The van der Waals surface area contributed by atoms with E-state index in [1.807, 2.05) is 11.3 Å². The van der Waals surface area contributed by atoms with E-state index in [-0.39, 0.29) is 18.3 Å². The summed E-state index contributed by atoms with van der Waals surface area (Å²) in [5, 5.41) is 0. The van der Waals surface area contributed by atoms with Gasteiger partial charge in [0.2, 0.25) is 0 Å². The lowest BCUT2D eigenvalue weighted by Gasteiger charge is -2.32. The van der Waals surface area contributed by atoms with Crippen molar-refractivity contribution in [2.75, 3.05) is 13.2 Å². The van der Waals surface area contributed by atoms with Crippen LogP contribution in [-0.2, 0) is 14.0 Å². The smallest absolute Gasteiger partial charge is 0.399 e. The third-order valence-electron chi connectivity index (χ3n) is 4.76. The average Bonchev–Trinajstić information content (AvgIpc) is 2.94. The van der Waals surface area contributed by atoms with E-state index in [1.54, 1.807) is 0 Å². The van der Waals surface area contributed by atoms with E-state index in [0.29, 0.717) is 5.92 Å². The standard InChI is InChI=1S/C15H23BO3S/c1-14(2)15(3,4)19-16(18-14)13-6-5-12(20-13)11-7-9-17-10-8-11/h5-6,11H,7-10H2,1-4H3. The van der Waals surface area contributed by atoms with Gasteiger partial charge in [0.15, 0.2) is 0 Å². The van der Waals surface area contributed by atoms with Gasteiger partial charge in [0, 0.05) is 22.9 Å². The number of rotatable bonds is 2. The Morgan fingerprint density at radius 3 is 2.25 bits per heavy atom. The second-order valence-corrected chi connectivity index (χ2v) is 7.86. The van der Waals surface area contributed by atoms with E-state index in [4.69, 9.17) is 14.0 Å². The molecule has 2 aliphatic heterocycles. The van der Waals surface area contributed by atoms with Gasteiger partial charge < -0.3 is 14.0 Å². The number of hydrogen-bond acceptors (Lipinski definition) is 4. The molecule has 0 saturated carbocycles. The molecule has 0 amide bonds. The Morgan fingerprint density at radius 1 is 1.05 bits per heavy atom. The molecule has 0 atom stereocenters. The van der Waals surface area contributed by atoms with Crippen molar-refractivity contribution in [3.05, 3.63) is 17.0 Å². The van der Waals surface area contributed by atoms with Crippen molar-refractivity contribution in [3.63, 3.8) is 0 Å². The van der Waals surface area contributed by atoms with Crippen LogP contribution in [0, 0.1) is 0 Å². The predicted molar refractivity (Wildman–Crippen MR) is 82.8 cm³/mol. The number of thiophene rings is 1. The molecule has 5 heteroatoms. The monoisotopic (exact) mass is 294 g/mol. The lowest BCUT2D eigenvalue weighted by atomic mass is 9.88. The molecule has 20 heavy (non-hydrogen) atoms. The Morgan fingerprint density at radius 2 is 1.65 bits per heavy atom. The highest BCUT2D eigenvalue weighted by molar-refractivity contribution is 7.22. The minimum atomic E-state index is -0.263. The summed E-state index contributed by atoms with van der Waals surface area (Å²) in [6, 6.07) is 4.40. The third kappa shape index (κ3) is 2.57. The summed E-state index contributed by atoms with van der Waals surface area (Å²) < 4.78 is 18.9. The van der Waals surface area contributed by atoms with E-state index in [0.717, 1.165) is 26.1 Å². The maximum Gasteiger partial charge on any atom is 0.505 e. The topological polar surface area (TPSA) is 27.7 Å². The van der Waals surface area contributed by atoms with Crippen molar-refractivity contribution in [1.29, 1.82) is 0 Å². The maximum atomic E-state index is 6.11. The zero-order valence-electron chi connectivity index (χ0n) is 12.8. The highest BCUT2D eigenvalue weighted by Crippen LogP contribution is 2.37. The Bertz CT molecular complexity index is 461. The SMILES string of the molecule is CC1(C)OB(c2ccc(C3CCOCC3)s2)OC1(C)C. The molecule has 0 aromatic carbocycles. The van der Waals surface area contributed by atoms with Gasteiger partial charge in [-0.25, -0.2) is 0 Å². The Hall–Kier alpha value is -0.355. The first kappa shape index (κ1) is 14.6. The van der Waals surface area contributed by atoms with Crippen LogP contribution in [0.4, 0.5) is 0 Å². The van der Waals surface area contributed by atoms with Crippen molar-refractivity contribution < 1.29 is 14.0 Å². The van der Waals surface area contributed by atoms with Crippen LogP contribution in [-0.4, -0.2) is 31.5 Å². The van der Waals surface area contributed by atoms with Gasteiger partial charge in [-0.15, -0.1) is 11.3 Å². The Balaban J connectivity index is 1.74. The minimum Gasteiger partial charge on any atom is -0.399 e. The van der Waals surface area contributed by atoms with Crippen molar-refractivity contribution in [2.24, 2.45) is 0 Å². The minimum absolute atomic E-state index is 0.224. The molecule has 2 saturated heterocycles. The first-order valence-corrected chi connectivity index (χ1v) is 8.24. The molecular formula is C15H23BO3S. The molecule has 0 spiro atoms. The summed E-state index contributed by atoms with van der Waals surface area (Å²) in [5.41, 5.74) is -0.527. The zero-order valence-corrected chi connectivity index (χ0v) is 13.6. The molecule has 3 nitrogen and oxygen atoms in total. The van der Waals surface area contributed by atoms with E-state index >= 15 is 0 Å². The average molecular weight is 294 g/mol. The van der Waals surface area contributed by atoms with Crippen LogP contribution in [0.15, 0.2) is 12.1 Å². The lowest BCUT2D eigenvalue weighted by Crippen LogP contribution is -2.41. The van der Waals surface area contributed by atoms with Crippen molar-refractivity contribution in [1.82, 2.24) is 0 Å². The molecule has 2 aliphatic rings. The van der Waals surface area contributed by atoms with Crippen LogP contribution in [0.25, 0.3) is 0 Å². The van der Waals surface area contributed by atoms with Gasteiger partial charge in [-0.3, -0.25) is 0 Å². The summed E-state index contributed by atoms with van der Waals surface area (Å²) in [6.45, 7) is 10.2. The summed E-state index contributed by atoms with van der Waals surface area (Å²) in [4.78, 5) is 1.44. The summed E-state index contributed by atoms with van der Waals surface area (Å²) in [5.74, 6) is 0.643. The van der Waals surface area contributed by atoms with Gasteiger partial charge in [-0.05, 0) is 52.5 Å². The van der Waals surface area contributed by atoms with Crippen LogP contribution < -0.4 is 4.78 Å². The molecule has 0 bridgehead atoms. The van der Waals surface area contributed by atoms with E-state index < -0.39 is 0 Å². The first-order chi connectivity index (χ1) is 9.39. The molecule has 110 valence electrons. The molecule has 1 aromatic rings. The fourth-order valence-corrected chi connectivity index (χ4v) is 3.79. The van der Waals surface area contributed by atoms with E-state index in [1.165, 1.54) is 9.65 Å². The second-order valence-electron chi connectivity index (χ2n) is 6.72. The van der Waals surface area contributed by atoms with E-state index in [2.05, 4.69) is 39.8 Å². The highest BCUT2D eigenvalue weighted by Gasteiger charge is 2.52. The molecule has 0 radical (unpaired) electrons. The van der Waals surface area contributed by atoms with Crippen LogP contribution in [0.2, 0.25) is 0 Å². The summed E-state index contributed by atoms with van der Waals surface area (Å²) in [7, 11) is -0.224. The van der Waals surface area contributed by atoms with Crippen LogP contribution in [0.5, 0.6) is 0 Å². The van der Waals surface area contributed by atoms with Gasteiger partial charge in [0.1, 0.15) is 0 Å². The van der Waals surface area contributed by atoms with Crippen molar-refractivity contribution in [3.8, 4) is 0 Å². The lowest BCUT2D eigenvalue weighted by molar-refractivity contribution is 0.00578. The Labute approximate surface area is 125 Å². The maximum absolute atomic E-state index is 6.11. The largest absolute Gasteiger partial charge is 0.505 e. The third-order valence-corrected chi connectivity index (χ3v) is 6.03. The molecule has 0 aliphatic carbocycles. The van der Waals surface area contributed by atoms with Gasteiger partial charge in [-0.2, -0.15) is 0 Å². The van der Waals surface area contributed by atoms with Crippen molar-refractivity contribution >= 4 is 23.2 Å². The number of hydrogen-bond donors (Lipinski definition) is 0. The van der Waals surface area contributed by atoms with Gasteiger partial charge in [0.25, 0.3) is 0 Å². The fraction of sp³-hybridized carbons (Fsp3) is 0.733. The molecule has 2 fully saturated rings. The normalized spacial score (nSPS) is 26.1. The van der Waals surface area contributed by atoms with Crippen LogP contribution >= 0.6 is 11.3 Å². The van der Waals surface area contributed by atoms with E-state index in [9.17, 15) is 0 Å². The van der Waals surface area contributed by atoms with Gasteiger partial charge in [0.05, 0.1) is 11.2 Å². The van der Waals surface area contributed by atoms with Gasteiger partial charge >= 0.3 is 7.12 Å². The molecule has 3 heterocycles. The fourth-order valence-electron chi connectivity index (χ4n) is 2.66. The quantitative estimate of drug-likeness (QED) is 0.785. The van der Waals surface area contributed by atoms with Crippen LogP contribution in [0.1, 0.15) is 51.3 Å². The molecule has 0 N–H and O–H groups in total. The molecule has 1 aromatic heterocycles. The molecule has 0 unspecified atom stereocenters. The summed E-state index contributed by atoms with van der Waals surface area (Å²) in [6.07, 6.45) is 2.26. The Kier molecular flexibility index (Phi) is 3.74. The van der Waals surface area contributed by atoms with Gasteiger partial charge in [-0.1, -0.05) is 6.07 Å². The second kappa shape index (κ2) is 5.13. The molecular weight excluding hydrogens is 271 g/mol. The highest BCUT2D eigenvalue weighted by atomic mass is 32.1. The number of ether oxygens (including phenoxy) is 1. The predicted octanol–water partition coefficient (Wildman–Crippen LogP) is 2.94. The first-order valence-electron chi connectivity index (χ1n) is 7.42. The van der Waals surface area contributed by atoms with Crippen LogP contribution in [0.3, 0.4) is 0 Å². The zero-order chi connectivity index (χ0) is 14.4. The molecule has 3 rings (SSSR count). The van der Waals surface area contributed by atoms with Crippen molar-refractivity contribution in [2.45, 2.75) is 57.7 Å².